The minimum atomic E-state index is -1.33. The monoisotopic (exact) mass is 375 g/mol. The number of benzene rings is 1. The van der Waals surface area contributed by atoms with Crippen molar-refractivity contribution in [3.05, 3.63) is 41.6 Å². The van der Waals surface area contributed by atoms with Crippen molar-refractivity contribution in [1.29, 1.82) is 0 Å². The predicted molar refractivity (Wildman–Crippen MR) is 92.5 cm³/mol. The molecule has 0 radical (unpaired) electrons. The van der Waals surface area contributed by atoms with Gasteiger partial charge >= 0.3 is 5.97 Å². The molecule has 9 nitrogen and oxygen atoms in total. The van der Waals surface area contributed by atoms with Gasteiger partial charge in [-0.1, -0.05) is 23.9 Å². The van der Waals surface area contributed by atoms with Crippen LogP contribution < -0.4 is 16.2 Å². The zero-order chi connectivity index (χ0) is 19.1. The van der Waals surface area contributed by atoms with E-state index in [0.29, 0.717) is 5.69 Å². The van der Waals surface area contributed by atoms with Gasteiger partial charge in [-0.05, 0) is 24.6 Å². The highest BCUT2D eigenvalue weighted by Gasteiger charge is 2.14. The van der Waals surface area contributed by atoms with Gasteiger partial charge in [0.05, 0.1) is 18.3 Å². The van der Waals surface area contributed by atoms with Crippen molar-refractivity contribution in [2.75, 3.05) is 23.4 Å². The lowest BCUT2D eigenvalue weighted by Crippen LogP contribution is -2.22. The minimum absolute atomic E-state index is 0.0340. The number of nitrogen functional groups attached to an aromatic ring is 1. The van der Waals surface area contributed by atoms with E-state index in [4.69, 9.17) is 10.5 Å². The third kappa shape index (κ3) is 5.18. The molecule has 3 N–H and O–H groups in total. The summed E-state index contributed by atoms with van der Waals surface area (Å²) in [5.74, 6) is -2.41. The van der Waals surface area contributed by atoms with Crippen LogP contribution in [0, 0.1) is 0 Å². The van der Waals surface area contributed by atoms with Crippen LogP contribution in [0.1, 0.15) is 27.6 Å². The van der Waals surface area contributed by atoms with E-state index in [1.807, 2.05) is 0 Å². The van der Waals surface area contributed by atoms with Crippen molar-refractivity contribution >= 4 is 41.1 Å². The number of hydrogen-bond acceptors (Lipinski definition) is 9. The Balaban J connectivity index is 1.95. The number of carboxylic acids is 1. The highest BCUT2D eigenvalue weighted by atomic mass is 32.2. The molecule has 1 aromatic carbocycles. The normalized spacial score (nSPS) is 10.2. The summed E-state index contributed by atoms with van der Waals surface area (Å²) in [6.45, 7) is 1.87. The Labute approximate surface area is 153 Å². The van der Waals surface area contributed by atoms with Crippen LogP contribution in [0.25, 0.3) is 0 Å². The fourth-order valence-corrected chi connectivity index (χ4v) is 2.49. The number of nitrogens with two attached hydrogens (primary N) is 1. The van der Waals surface area contributed by atoms with Gasteiger partial charge in [-0.2, -0.15) is 0 Å². The highest BCUT2D eigenvalue weighted by Crippen LogP contribution is 2.18. The van der Waals surface area contributed by atoms with E-state index in [1.165, 1.54) is 24.4 Å². The molecule has 0 aliphatic carbocycles. The van der Waals surface area contributed by atoms with Crippen molar-refractivity contribution in [3.63, 3.8) is 0 Å². The molecule has 10 heteroatoms. The Morgan fingerprint density at radius 1 is 1.35 bits per heavy atom. The molecule has 0 spiro atoms. The molecule has 0 saturated carbocycles. The third-order valence-corrected chi connectivity index (χ3v) is 3.87. The second-order valence-electron chi connectivity index (χ2n) is 4.88. The standard InChI is InChI=1S/C16H16N4O5S/c1-2-25-15(24)11-7-18-16(20-13(11)17)26-8-12(21)19-10-5-3-4-9(6-10)14(22)23/h3-7H,2,8H2,1H3,(H,19,21)(H,22,23)(H2,17,18,20)/p-1. The summed E-state index contributed by atoms with van der Waals surface area (Å²) in [5, 5.41) is 13.6. The first kappa shape index (κ1) is 19.2. The molecule has 0 atom stereocenters. The van der Waals surface area contributed by atoms with Gasteiger partial charge in [0.15, 0.2) is 5.16 Å². The summed E-state index contributed by atoms with van der Waals surface area (Å²) in [5.41, 5.74) is 6.04. The highest BCUT2D eigenvalue weighted by molar-refractivity contribution is 7.99. The summed E-state index contributed by atoms with van der Waals surface area (Å²) in [7, 11) is 0. The van der Waals surface area contributed by atoms with Gasteiger partial charge in [-0.15, -0.1) is 0 Å². The van der Waals surface area contributed by atoms with Crippen molar-refractivity contribution in [3.8, 4) is 0 Å². The molecule has 1 heterocycles. The van der Waals surface area contributed by atoms with Gasteiger partial charge in [0, 0.05) is 11.9 Å². The lowest BCUT2D eigenvalue weighted by Gasteiger charge is -2.08. The van der Waals surface area contributed by atoms with E-state index >= 15 is 0 Å². The predicted octanol–water partition coefficient (Wildman–Crippen LogP) is 0.330. The number of carbonyl (C=O) groups is 3. The van der Waals surface area contributed by atoms with Crippen molar-refractivity contribution in [2.45, 2.75) is 12.1 Å². The number of esters is 1. The number of ether oxygens (including phenoxy) is 1. The number of aromatic carboxylic acids is 1. The molecule has 136 valence electrons. The average molecular weight is 375 g/mol. The third-order valence-electron chi connectivity index (χ3n) is 3.01. The van der Waals surface area contributed by atoms with Crippen LogP contribution in [0.4, 0.5) is 11.5 Å². The van der Waals surface area contributed by atoms with E-state index < -0.39 is 11.9 Å². The van der Waals surface area contributed by atoms with Gasteiger partial charge in [-0.3, -0.25) is 4.79 Å². The van der Waals surface area contributed by atoms with Gasteiger partial charge in [0.1, 0.15) is 11.4 Å². The fraction of sp³-hybridized carbons (Fsp3) is 0.188. The fourth-order valence-electron chi connectivity index (χ4n) is 1.86. The molecule has 1 amide bonds. The number of amides is 1. The van der Waals surface area contributed by atoms with Crippen molar-refractivity contribution in [2.24, 2.45) is 0 Å². The Kier molecular flexibility index (Phi) is 6.50. The second kappa shape index (κ2) is 8.81. The van der Waals surface area contributed by atoms with Gasteiger partial charge in [0.2, 0.25) is 5.91 Å². The molecule has 0 aliphatic heterocycles. The number of rotatable bonds is 7. The van der Waals surface area contributed by atoms with Crippen LogP contribution in [-0.2, 0) is 9.53 Å². The SMILES string of the molecule is CCOC(=O)c1cnc(SCC(=O)Nc2cccc(C(=O)[O-])c2)nc1N. The molecule has 2 aromatic rings. The molecule has 0 bridgehead atoms. The minimum Gasteiger partial charge on any atom is -0.545 e. The largest absolute Gasteiger partial charge is 0.545 e. The van der Waals surface area contributed by atoms with Crippen molar-refractivity contribution in [1.82, 2.24) is 9.97 Å². The number of thioether (sulfide) groups is 1. The number of carboxylic acid groups (broad SMARTS) is 1. The van der Waals surface area contributed by atoms with Crippen LogP contribution >= 0.6 is 11.8 Å². The molecule has 0 saturated heterocycles. The van der Waals surface area contributed by atoms with E-state index in [-0.39, 0.29) is 40.4 Å². The van der Waals surface area contributed by atoms with E-state index in [1.54, 1.807) is 13.0 Å². The number of anilines is 2. The molecular formula is C16H15N4O5S-. The Hall–Kier alpha value is -3.14. The Morgan fingerprint density at radius 3 is 2.77 bits per heavy atom. The molecule has 2 rings (SSSR count). The molecule has 0 aliphatic rings. The lowest BCUT2D eigenvalue weighted by atomic mass is 10.2. The number of hydrogen-bond donors (Lipinski definition) is 2. The summed E-state index contributed by atoms with van der Waals surface area (Å²) >= 11 is 1.01. The molecular weight excluding hydrogens is 360 g/mol. The van der Waals surface area contributed by atoms with E-state index in [0.717, 1.165) is 11.8 Å². The second-order valence-corrected chi connectivity index (χ2v) is 5.82. The van der Waals surface area contributed by atoms with Crippen LogP contribution in [0.2, 0.25) is 0 Å². The first-order chi connectivity index (χ1) is 12.4. The number of aromatic nitrogens is 2. The van der Waals surface area contributed by atoms with E-state index in [9.17, 15) is 19.5 Å². The topological polar surface area (TPSA) is 147 Å². The maximum absolute atomic E-state index is 12.0. The average Bonchev–Trinajstić information content (AvgIpc) is 2.60. The van der Waals surface area contributed by atoms with E-state index in [2.05, 4.69) is 15.3 Å². The van der Waals surface area contributed by atoms with Crippen LogP contribution in [0.5, 0.6) is 0 Å². The zero-order valence-corrected chi connectivity index (χ0v) is 14.5. The molecule has 1 aromatic heterocycles. The lowest BCUT2D eigenvalue weighted by molar-refractivity contribution is -0.255. The first-order valence-corrected chi connectivity index (χ1v) is 8.43. The Morgan fingerprint density at radius 2 is 2.12 bits per heavy atom. The van der Waals surface area contributed by atoms with Crippen LogP contribution in [0.3, 0.4) is 0 Å². The maximum atomic E-state index is 12.0. The smallest absolute Gasteiger partial charge is 0.343 e. The maximum Gasteiger partial charge on any atom is 0.343 e. The Bertz CT molecular complexity index is 843. The summed E-state index contributed by atoms with van der Waals surface area (Å²) in [6, 6.07) is 5.70. The van der Waals surface area contributed by atoms with Gasteiger partial charge < -0.3 is 25.7 Å². The van der Waals surface area contributed by atoms with Crippen LogP contribution in [0.15, 0.2) is 35.6 Å². The van der Waals surface area contributed by atoms with Gasteiger partial charge in [-0.25, -0.2) is 14.8 Å². The molecule has 0 fully saturated rings. The molecule has 0 unspecified atom stereocenters. The van der Waals surface area contributed by atoms with Crippen molar-refractivity contribution < 1.29 is 24.2 Å². The summed E-state index contributed by atoms with van der Waals surface area (Å²) in [4.78, 5) is 42.3. The first-order valence-electron chi connectivity index (χ1n) is 7.44. The summed E-state index contributed by atoms with van der Waals surface area (Å²) < 4.78 is 4.82. The number of nitrogens with zero attached hydrogens (tertiary/aromatic N) is 2. The summed E-state index contributed by atoms with van der Waals surface area (Å²) in [6.07, 6.45) is 1.24. The quantitative estimate of drug-likeness (QED) is 0.397. The van der Waals surface area contributed by atoms with Gasteiger partial charge in [0.25, 0.3) is 0 Å². The number of nitrogens with one attached hydrogen (secondary N) is 1. The molecule has 26 heavy (non-hydrogen) atoms. The van der Waals surface area contributed by atoms with Crippen LogP contribution in [-0.4, -0.2) is 40.2 Å². The zero-order valence-electron chi connectivity index (χ0n) is 13.7. The number of carbonyl (C=O) groups excluding carboxylic acids is 3.